The fraction of sp³-hybridized carbons (Fsp3) is 0.100. The highest BCUT2D eigenvalue weighted by atomic mass is 35.5. The van der Waals surface area contributed by atoms with Gasteiger partial charge >= 0.3 is 0 Å². The number of nitrogens with zero attached hydrogens (tertiary/aromatic N) is 1. The van der Waals surface area contributed by atoms with Gasteiger partial charge in [0, 0.05) is 12.8 Å². The minimum absolute atomic E-state index is 0.0908. The van der Waals surface area contributed by atoms with Crippen LogP contribution < -0.4 is 5.73 Å². The van der Waals surface area contributed by atoms with Gasteiger partial charge in [0.25, 0.3) is 5.91 Å². The van der Waals surface area contributed by atoms with Crippen molar-refractivity contribution >= 4 is 17.5 Å². The Kier molecular flexibility index (Phi) is 3.64. The summed E-state index contributed by atoms with van der Waals surface area (Å²) in [6.45, 7) is 0. The van der Waals surface area contributed by atoms with E-state index in [0.717, 1.165) is 6.07 Å². The molecule has 1 aromatic rings. The van der Waals surface area contributed by atoms with Gasteiger partial charge in [-0.3, -0.25) is 4.79 Å². The monoisotopic (exact) mass is 225 g/mol. The molecular formula is C10H7ClFN2O. The second-order valence-electron chi connectivity index (χ2n) is 2.76. The molecule has 15 heavy (non-hydrogen) atoms. The third-order valence-electron chi connectivity index (χ3n) is 1.79. The summed E-state index contributed by atoms with van der Waals surface area (Å²) in [7, 11) is 0. The number of rotatable bonds is 3. The maximum absolute atomic E-state index is 13.0. The summed E-state index contributed by atoms with van der Waals surface area (Å²) in [6.07, 6.45) is 1.56. The molecular weight excluding hydrogens is 219 g/mol. The van der Waals surface area contributed by atoms with E-state index >= 15 is 0 Å². The van der Waals surface area contributed by atoms with E-state index in [2.05, 4.69) is 0 Å². The van der Waals surface area contributed by atoms with Crippen molar-refractivity contribution in [1.29, 1.82) is 5.26 Å². The molecule has 1 aromatic carbocycles. The highest BCUT2D eigenvalue weighted by molar-refractivity contribution is 6.34. The summed E-state index contributed by atoms with van der Waals surface area (Å²) in [6, 6.07) is 4.35. The fourth-order valence-corrected chi connectivity index (χ4v) is 1.41. The largest absolute Gasteiger partial charge is 0.366 e. The maximum atomic E-state index is 13.0. The Balaban J connectivity index is 3.22. The third-order valence-corrected chi connectivity index (χ3v) is 2.16. The Labute approximate surface area is 91.3 Å². The van der Waals surface area contributed by atoms with Crippen LogP contribution in [-0.4, -0.2) is 5.91 Å². The molecule has 0 aliphatic heterocycles. The van der Waals surface area contributed by atoms with Crippen LogP contribution in [0.4, 0.5) is 4.39 Å². The van der Waals surface area contributed by atoms with Gasteiger partial charge in [0.2, 0.25) is 0 Å². The number of carbonyl (C=O) groups is 1. The first kappa shape index (κ1) is 11.5. The van der Waals surface area contributed by atoms with Crippen LogP contribution in [0, 0.1) is 23.6 Å². The highest BCUT2D eigenvalue weighted by Crippen LogP contribution is 2.24. The lowest BCUT2D eigenvalue weighted by Crippen LogP contribution is -2.15. The lowest BCUT2D eigenvalue weighted by Gasteiger charge is -2.07. The van der Waals surface area contributed by atoms with Crippen LogP contribution in [-0.2, 0) is 0 Å². The van der Waals surface area contributed by atoms with Crippen LogP contribution >= 0.6 is 11.6 Å². The fourth-order valence-electron chi connectivity index (χ4n) is 1.14. The number of hydrogen-bond donors (Lipinski definition) is 1. The van der Waals surface area contributed by atoms with E-state index in [1.165, 1.54) is 12.5 Å². The lowest BCUT2D eigenvalue weighted by atomic mass is 10.0. The first-order valence-corrected chi connectivity index (χ1v) is 4.43. The molecule has 2 N–H and O–H groups in total. The summed E-state index contributed by atoms with van der Waals surface area (Å²) in [5.74, 6) is -1.52. The molecule has 0 aromatic heterocycles. The molecule has 1 amide bonds. The molecule has 1 rings (SSSR count). The molecule has 77 valence electrons. The highest BCUT2D eigenvalue weighted by Gasteiger charge is 2.16. The Hall–Kier alpha value is -1.60. The number of benzene rings is 1. The minimum Gasteiger partial charge on any atom is -0.366 e. The van der Waals surface area contributed by atoms with Gasteiger partial charge in [0.1, 0.15) is 5.82 Å². The molecule has 0 spiro atoms. The topological polar surface area (TPSA) is 66.9 Å². The van der Waals surface area contributed by atoms with Gasteiger partial charge in [0.05, 0.1) is 16.7 Å². The van der Waals surface area contributed by atoms with Gasteiger partial charge in [0.15, 0.2) is 0 Å². The Bertz CT molecular complexity index is 440. The van der Waals surface area contributed by atoms with Gasteiger partial charge in [-0.25, -0.2) is 4.39 Å². The van der Waals surface area contributed by atoms with Crippen molar-refractivity contribution < 1.29 is 9.18 Å². The van der Waals surface area contributed by atoms with Crippen LogP contribution in [0.25, 0.3) is 0 Å². The zero-order valence-electron chi connectivity index (χ0n) is 7.63. The SMILES string of the molecule is N#CC[CH]c1ccc(F)c(Cl)c1C(N)=O. The average Bonchev–Trinajstić information content (AvgIpc) is 2.19. The zero-order valence-corrected chi connectivity index (χ0v) is 8.38. The van der Waals surface area contributed by atoms with Gasteiger partial charge in [-0.15, -0.1) is 0 Å². The molecule has 0 saturated carbocycles. The van der Waals surface area contributed by atoms with Crippen molar-refractivity contribution in [3.8, 4) is 6.07 Å². The van der Waals surface area contributed by atoms with Crippen LogP contribution in [0.15, 0.2) is 12.1 Å². The minimum atomic E-state index is -0.816. The summed E-state index contributed by atoms with van der Waals surface area (Å²) < 4.78 is 13.0. The van der Waals surface area contributed by atoms with Crippen molar-refractivity contribution in [2.24, 2.45) is 5.73 Å². The van der Waals surface area contributed by atoms with E-state index in [0.29, 0.717) is 5.56 Å². The Morgan fingerprint density at radius 1 is 1.67 bits per heavy atom. The normalized spacial score (nSPS) is 9.67. The van der Waals surface area contributed by atoms with Crippen molar-refractivity contribution in [2.45, 2.75) is 6.42 Å². The number of carbonyl (C=O) groups excluding carboxylic acids is 1. The summed E-state index contributed by atoms with van der Waals surface area (Å²) >= 11 is 5.59. The molecule has 0 unspecified atom stereocenters. The first-order valence-electron chi connectivity index (χ1n) is 4.06. The molecule has 0 saturated heterocycles. The molecule has 0 bridgehead atoms. The van der Waals surface area contributed by atoms with E-state index in [-0.39, 0.29) is 17.0 Å². The standard InChI is InChI=1S/C10H7ClFN2O/c11-9-7(12)4-3-6(2-1-5-13)8(9)10(14)15/h2-4H,1H2,(H2,14,15). The zero-order chi connectivity index (χ0) is 11.4. The van der Waals surface area contributed by atoms with Crippen molar-refractivity contribution in [2.75, 3.05) is 0 Å². The van der Waals surface area contributed by atoms with Crippen LogP contribution in [0.5, 0.6) is 0 Å². The van der Waals surface area contributed by atoms with Gasteiger partial charge in [-0.1, -0.05) is 17.7 Å². The molecule has 3 nitrogen and oxygen atoms in total. The maximum Gasteiger partial charge on any atom is 0.250 e. The van der Waals surface area contributed by atoms with E-state index in [9.17, 15) is 9.18 Å². The molecule has 0 atom stereocenters. The Morgan fingerprint density at radius 3 is 2.87 bits per heavy atom. The number of primary amides is 1. The van der Waals surface area contributed by atoms with Crippen LogP contribution in [0.1, 0.15) is 22.3 Å². The van der Waals surface area contributed by atoms with E-state index in [1.807, 2.05) is 6.07 Å². The summed E-state index contributed by atoms with van der Waals surface area (Å²) in [5, 5.41) is 8.07. The van der Waals surface area contributed by atoms with Crippen LogP contribution in [0.2, 0.25) is 5.02 Å². The van der Waals surface area contributed by atoms with Gasteiger partial charge in [-0.05, 0) is 11.6 Å². The van der Waals surface area contributed by atoms with Crippen molar-refractivity contribution in [3.05, 3.63) is 40.5 Å². The average molecular weight is 226 g/mol. The number of nitrogens with two attached hydrogens (primary N) is 1. The number of amides is 1. The van der Waals surface area contributed by atoms with Gasteiger partial charge in [-0.2, -0.15) is 5.26 Å². The molecule has 0 aliphatic rings. The lowest BCUT2D eigenvalue weighted by molar-refractivity contribution is 0.0999. The molecule has 1 radical (unpaired) electrons. The van der Waals surface area contributed by atoms with E-state index in [4.69, 9.17) is 22.6 Å². The molecule has 0 heterocycles. The number of halogens is 2. The number of nitriles is 1. The summed E-state index contributed by atoms with van der Waals surface area (Å²) in [4.78, 5) is 11.0. The quantitative estimate of drug-likeness (QED) is 0.856. The smallest absolute Gasteiger partial charge is 0.250 e. The second-order valence-corrected chi connectivity index (χ2v) is 3.13. The predicted molar refractivity (Wildman–Crippen MR) is 53.6 cm³/mol. The molecule has 5 heteroatoms. The van der Waals surface area contributed by atoms with Crippen molar-refractivity contribution in [1.82, 2.24) is 0 Å². The second kappa shape index (κ2) is 4.76. The summed E-state index contributed by atoms with van der Waals surface area (Å²) in [5.41, 5.74) is 5.34. The van der Waals surface area contributed by atoms with Crippen molar-refractivity contribution in [3.63, 3.8) is 0 Å². The molecule has 0 fully saturated rings. The van der Waals surface area contributed by atoms with Crippen LogP contribution in [0.3, 0.4) is 0 Å². The number of hydrogen-bond acceptors (Lipinski definition) is 2. The first-order chi connectivity index (χ1) is 7.07. The van der Waals surface area contributed by atoms with Gasteiger partial charge < -0.3 is 5.73 Å². The van der Waals surface area contributed by atoms with E-state index < -0.39 is 11.7 Å². The molecule has 0 aliphatic carbocycles. The third kappa shape index (κ3) is 2.45. The predicted octanol–water partition coefficient (Wildman–Crippen LogP) is 2.04. The Morgan fingerprint density at radius 2 is 2.33 bits per heavy atom. The van der Waals surface area contributed by atoms with E-state index in [1.54, 1.807) is 0 Å².